The van der Waals surface area contributed by atoms with Crippen LogP contribution in [0.5, 0.6) is 0 Å². The Morgan fingerprint density at radius 3 is 2.40 bits per heavy atom. The van der Waals surface area contributed by atoms with Crippen molar-refractivity contribution in [3.05, 3.63) is 77.6 Å². The number of nitrogens with two attached hydrogens (primary N) is 1. The summed E-state index contributed by atoms with van der Waals surface area (Å²) in [7, 11) is 1.46. The molecule has 3 aromatic rings. The second kappa shape index (κ2) is 7.21. The molecular weight excluding hydrogens is 397 g/mol. The van der Waals surface area contributed by atoms with Crippen LogP contribution < -0.4 is 5.73 Å². The van der Waals surface area contributed by atoms with Gasteiger partial charge in [-0.2, -0.15) is 4.39 Å². The van der Waals surface area contributed by atoms with Crippen LogP contribution in [0.3, 0.4) is 0 Å². The number of pyridine rings is 1. The highest BCUT2D eigenvalue weighted by atomic mass is 19.1. The molecule has 1 atom stereocenters. The molecule has 10 heteroatoms. The predicted molar refractivity (Wildman–Crippen MR) is 102 cm³/mol. The quantitative estimate of drug-likeness (QED) is 0.664. The Morgan fingerprint density at radius 2 is 1.77 bits per heavy atom. The third-order valence-electron chi connectivity index (χ3n) is 4.93. The summed E-state index contributed by atoms with van der Waals surface area (Å²) in [6, 6.07) is 6.89. The number of nitrogens with zero attached hydrogens (tertiary/aromatic N) is 5. The summed E-state index contributed by atoms with van der Waals surface area (Å²) in [6.07, 6.45) is 2.67. The molecular formula is C20H15F3N6O. The number of carbonyl (C=O) groups excluding carboxylic acids is 1. The normalized spacial score (nSPS) is 18.6. The van der Waals surface area contributed by atoms with Crippen LogP contribution in [0.15, 0.2) is 53.9 Å². The number of aromatic nitrogens is 3. The Kier molecular flexibility index (Phi) is 4.69. The summed E-state index contributed by atoms with van der Waals surface area (Å²) in [4.78, 5) is 29.6. The van der Waals surface area contributed by atoms with E-state index >= 15 is 0 Å². The SMILES string of the molecule is CN1C(=O)C(c2ccnc(CF)c2)(c2ccc(F)c(-c3cnc(F)nc3)c2)N=C1N. The molecule has 4 rings (SSSR count). The van der Waals surface area contributed by atoms with Gasteiger partial charge in [0.2, 0.25) is 0 Å². The summed E-state index contributed by atoms with van der Waals surface area (Å²) in [6.45, 7) is -0.839. The molecule has 0 aliphatic carbocycles. The van der Waals surface area contributed by atoms with Gasteiger partial charge in [-0.25, -0.2) is 23.7 Å². The lowest BCUT2D eigenvalue weighted by Crippen LogP contribution is -2.41. The van der Waals surface area contributed by atoms with Gasteiger partial charge in [-0.1, -0.05) is 6.07 Å². The minimum atomic E-state index is -1.66. The molecule has 0 saturated heterocycles. The first-order valence-corrected chi connectivity index (χ1v) is 8.79. The molecule has 0 radical (unpaired) electrons. The Morgan fingerprint density at radius 1 is 1.07 bits per heavy atom. The number of hydrogen-bond acceptors (Lipinski definition) is 6. The molecule has 0 saturated carbocycles. The van der Waals surface area contributed by atoms with E-state index in [0.717, 1.165) is 18.5 Å². The zero-order chi connectivity index (χ0) is 21.5. The van der Waals surface area contributed by atoms with Gasteiger partial charge in [0.1, 0.15) is 12.5 Å². The van der Waals surface area contributed by atoms with Gasteiger partial charge in [-0.3, -0.25) is 14.7 Å². The molecule has 152 valence electrons. The molecule has 0 bridgehead atoms. The maximum Gasteiger partial charge on any atom is 0.308 e. The van der Waals surface area contributed by atoms with Crippen LogP contribution in [-0.2, 0) is 17.0 Å². The van der Waals surface area contributed by atoms with Crippen molar-refractivity contribution in [2.45, 2.75) is 12.2 Å². The van der Waals surface area contributed by atoms with E-state index in [2.05, 4.69) is 19.9 Å². The Hall–Kier alpha value is -3.82. The van der Waals surface area contributed by atoms with E-state index in [-0.39, 0.29) is 28.3 Å². The van der Waals surface area contributed by atoms with Gasteiger partial charge in [-0.15, -0.1) is 0 Å². The molecule has 1 amide bonds. The monoisotopic (exact) mass is 412 g/mol. The van der Waals surface area contributed by atoms with E-state index in [1.54, 1.807) is 0 Å². The van der Waals surface area contributed by atoms with Crippen molar-refractivity contribution in [3.8, 4) is 11.1 Å². The van der Waals surface area contributed by atoms with E-state index in [4.69, 9.17) is 5.73 Å². The minimum absolute atomic E-state index is 0.0442. The number of amides is 1. The molecule has 1 unspecified atom stereocenters. The molecule has 2 N–H and O–H groups in total. The Balaban J connectivity index is 1.96. The van der Waals surface area contributed by atoms with Gasteiger partial charge in [0.05, 0.1) is 5.69 Å². The first-order valence-electron chi connectivity index (χ1n) is 8.79. The Bertz CT molecular complexity index is 1170. The van der Waals surface area contributed by atoms with Gasteiger partial charge in [0.15, 0.2) is 11.5 Å². The lowest BCUT2D eigenvalue weighted by atomic mass is 9.82. The molecule has 7 nitrogen and oxygen atoms in total. The van der Waals surface area contributed by atoms with Gasteiger partial charge in [0.25, 0.3) is 5.91 Å². The molecule has 3 heterocycles. The Labute approximate surface area is 169 Å². The largest absolute Gasteiger partial charge is 0.369 e. The number of halogens is 3. The van der Waals surface area contributed by atoms with Crippen molar-refractivity contribution >= 4 is 11.9 Å². The zero-order valence-corrected chi connectivity index (χ0v) is 15.7. The minimum Gasteiger partial charge on any atom is -0.369 e. The number of aliphatic imine (C=N–C) groups is 1. The number of alkyl halides is 1. The van der Waals surface area contributed by atoms with Crippen LogP contribution in [-0.4, -0.2) is 38.8 Å². The fourth-order valence-corrected chi connectivity index (χ4v) is 3.38. The van der Waals surface area contributed by atoms with Gasteiger partial charge >= 0.3 is 6.08 Å². The maximum absolute atomic E-state index is 14.6. The highest BCUT2D eigenvalue weighted by Gasteiger charge is 2.49. The average Bonchev–Trinajstić information content (AvgIpc) is 2.99. The lowest BCUT2D eigenvalue weighted by Gasteiger charge is -2.26. The molecule has 1 aliphatic heterocycles. The summed E-state index contributed by atoms with van der Waals surface area (Å²) in [5.41, 5.74) is 5.24. The van der Waals surface area contributed by atoms with E-state index in [9.17, 15) is 18.0 Å². The van der Waals surface area contributed by atoms with Crippen LogP contribution in [0.2, 0.25) is 0 Å². The second-order valence-corrected chi connectivity index (χ2v) is 6.65. The molecule has 2 aromatic heterocycles. The van der Waals surface area contributed by atoms with Crippen molar-refractivity contribution in [2.24, 2.45) is 10.7 Å². The van der Waals surface area contributed by atoms with Crippen molar-refractivity contribution in [2.75, 3.05) is 7.05 Å². The van der Waals surface area contributed by atoms with Crippen LogP contribution >= 0.6 is 0 Å². The highest BCUT2D eigenvalue weighted by molar-refractivity contribution is 6.09. The lowest BCUT2D eigenvalue weighted by molar-refractivity contribution is -0.129. The van der Waals surface area contributed by atoms with Crippen LogP contribution in [0, 0.1) is 11.9 Å². The molecule has 1 aromatic carbocycles. The number of likely N-dealkylation sites (N-methyl/N-ethyl adjacent to an activating group) is 1. The van der Waals surface area contributed by atoms with Crippen molar-refractivity contribution in [1.29, 1.82) is 0 Å². The average molecular weight is 412 g/mol. The summed E-state index contributed by atoms with van der Waals surface area (Å²) >= 11 is 0. The van der Waals surface area contributed by atoms with E-state index in [1.165, 1.54) is 42.4 Å². The van der Waals surface area contributed by atoms with E-state index in [0.29, 0.717) is 5.56 Å². The van der Waals surface area contributed by atoms with Crippen molar-refractivity contribution in [1.82, 2.24) is 19.9 Å². The molecule has 0 spiro atoms. The fraction of sp³-hybridized carbons (Fsp3) is 0.150. The van der Waals surface area contributed by atoms with Gasteiger partial charge in [-0.05, 0) is 35.4 Å². The highest BCUT2D eigenvalue weighted by Crippen LogP contribution is 2.41. The smallest absolute Gasteiger partial charge is 0.308 e. The third kappa shape index (κ3) is 2.97. The number of benzene rings is 1. The molecule has 0 fully saturated rings. The van der Waals surface area contributed by atoms with Crippen LogP contribution in [0.1, 0.15) is 16.8 Å². The topological polar surface area (TPSA) is 97.4 Å². The molecule has 30 heavy (non-hydrogen) atoms. The van der Waals surface area contributed by atoms with E-state index < -0.39 is 30.0 Å². The molecule has 1 aliphatic rings. The number of hydrogen-bond donors (Lipinski definition) is 1. The van der Waals surface area contributed by atoms with E-state index in [1.807, 2.05) is 0 Å². The summed E-state index contributed by atoms with van der Waals surface area (Å²) in [5, 5.41) is 0. The van der Waals surface area contributed by atoms with Gasteiger partial charge in [0, 0.05) is 36.8 Å². The second-order valence-electron chi connectivity index (χ2n) is 6.65. The first kappa shape index (κ1) is 19.5. The third-order valence-corrected chi connectivity index (χ3v) is 4.93. The first-order chi connectivity index (χ1) is 14.4. The van der Waals surface area contributed by atoms with Crippen LogP contribution in [0.25, 0.3) is 11.1 Å². The maximum atomic E-state index is 14.6. The number of guanidine groups is 1. The summed E-state index contributed by atoms with van der Waals surface area (Å²) < 4.78 is 40.9. The van der Waals surface area contributed by atoms with Gasteiger partial charge < -0.3 is 5.73 Å². The predicted octanol–water partition coefficient (Wildman–Crippen LogP) is 2.32. The standard InChI is InChI=1S/C20H15F3N6O/c1-29-17(30)20(28-19(29)24,13-4-5-25-14(6-13)8-21)12-2-3-16(22)15(7-12)11-9-26-18(23)27-10-11/h2-7,9-10H,8H2,1H3,(H2,24,28). The fourth-order valence-electron chi connectivity index (χ4n) is 3.38. The van der Waals surface area contributed by atoms with Crippen molar-refractivity contribution < 1.29 is 18.0 Å². The van der Waals surface area contributed by atoms with Crippen LogP contribution in [0.4, 0.5) is 13.2 Å². The summed E-state index contributed by atoms with van der Waals surface area (Å²) in [5.74, 6) is -1.17. The zero-order valence-electron chi connectivity index (χ0n) is 15.7. The van der Waals surface area contributed by atoms with Crippen molar-refractivity contribution in [3.63, 3.8) is 0 Å². The number of rotatable bonds is 4. The number of carbonyl (C=O) groups is 1.